The zero-order chi connectivity index (χ0) is 12.3. The lowest BCUT2D eigenvalue weighted by atomic mass is 10.1. The second-order valence-electron chi connectivity index (χ2n) is 4.47. The monoisotopic (exact) mass is 237 g/mol. The predicted octanol–water partition coefficient (Wildman–Crippen LogP) is 1.24. The van der Waals surface area contributed by atoms with Gasteiger partial charge in [0.2, 0.25) is 0 Å². The maximum absolute atomic E-state index is 9.73. The van der Waals surface area contributed by atoms with Gasteiger partial charge in [-0.25, -0.2) is 0 Å². The number of phenols is 1. The lowest BCUT2D eigenvalue weighted by Gasteiger charge is -2.26. The van der Waals surface area contributed by atoms with E-state index in [1.165, 1.54) is 0 Å². The second kappa shape index (κ2) is 5.38. The average molecular weight is 237 g/mol. The molecule has 0 spiro atoms. The van der Waals surface area contributed by atoms with Crippen LogP contribution in [-0.2, 0) is 6.61 Å². The van der Waals surface area contributed by atoms with Gasteiger partial charge in [-0.1, -0.05) is 6.07 Å². The van der Waals surface area contributed by atoms with Gasteiger partial charge < -0.3 is 20.2 Å². The van der Waals surface area contributed by atoms with E-state index < -0.39 is 0 Å². The van der Waals surface area contributed by atoms with Crippen LogP contribution in [0.3, 0.4) is 0 Å². The summed E-state index contributed by atoms with van der Waals surface area (Å²) in [6.45, 7) is 1.01. The van der Waals surface area contributed by atoms with Crippen molar-refractivity contribution in [1.29, 1.82) is 0 Å². The fourth-order valence-electron chi connectivity index (χ4n) is 2.49. The maximum atomic E-state index is 9.73. The van der Waals surface area contributed by atoms with Gasteiger partial charge >= 0.3 is 0 Å². The Bertz CT molecular complexity index is 381. The van der Waals surface area contributed by atoms with Crippen LogP contribution in [0.4, 0.5) is 5.69 Å². The van der Waals surface area contributed by atoms with Crippen LogP contribution in [-0.4, -0.2) is 34.5 Å². The third-order valence-corrected chi connectivity index (χ3v) is 3.41. The third kappa shape index (κ3) is 2.53. The van der Waals surface area contributed by atoms with Crippen LogP contribution in [0.1, 0.15) is 24.8 Å². The highest BCUT2D eigenvalue weighted by Crippen LogP contribution is 2.31. The largest absolute Gasteiger partial charge is 0.508 e. The summed E-state index contributed by atoms with van der Waals surface area (Å²) in [5.41, 5.74) is 1.52. The predicted molar refractivity (Wildman–Crippen MR) is 66.1 cm³/mol. The quantitative estimate of drug-likeness (QED) is 0.737. The number of aliphatic hydroxyl groups excluding tert-OH is 2. The Morgan fingerprint density at radius 1 is 1.29 bits per heavy atom. The number of aromatic hydroxyl groups is 1. The molecule has 2 rings (SSSR count). The highest BCUT2D eigenvalue weighted by Gasteiger charge is 2.24. The second-order valence-corrected chi connectivity index (χ2v) is 4.47. The van der Waals surface area contributed by atoms with E-state index in [-0.39, 0.29) is 19.0 Å². The number of aliphatic hydroxyl groups is 2. The van der Waals surface area contributed by atoms with Crippen LogP contribution >= 0.6 is 0 Å². The average Bonchev–Trinajstić information content (AvgIpc) is 2.78. The van der Waals surface area contributed by atoms with Gasteiger partial charge in [0, 0.05) is 36.5 Å². The summed E-state index contributed by atoms with van der Waals surface area (Å²) in [5, 5.41) is 27.8. The number of benzene rings is 1. The number of hydrogen-bond acceptors (Lipinski definition) is 4. The van der Waals surface area contributed by atoms with E-state index in [1.54, 1.807) is 12.1 Å². The van der Waals surface area contributed by atoms with Crippen molar-refractivity contribution in [2.24, 2.45) is 0 Å². The van der Waals surface area contributed by atoms with Crippen molar-refractivity contribution in [2.75, 3.05) is 18.1 Å². The minimum absolute atomic E-state index is 0.139. The molecule has 94 valence electrons. The molecule has 0 aliphatic carbocycles. The van der Waals surface area contributed by atoms with Crippen molar-refractivity contribution in [3.63, 3.8) is 0 Å². The summed E-state index contributed by atoms with van der Waals surface area (Å²) in [7, 11) is 0. The summed E-state index contributed by atoms with van der Waals surface area (Å²) in [4.78, 5) is 2.22. The molecule has 1 unspecified atom stereocenters. The molecule has 1 fully saturated rings. The van der Waals surface area contributed by atoms with E-state index in [0.717, 1.165) is 31.5 Å². The Morgan fingerprint density at radius 3 is 2.76 bits per heavy atom. The van der Waals surface area contributed by atoms with E-state index >= 15 is 0 Å². The molecule has 3 N–H and O–H groups in total. The molecule has 0 saturated carbocycles. The first-order valence-corrected chi connectivity index (χ1v) is 6.06. The molecular formula is C13H19NO3. The van der Waals surface area contributed by atoms with Crippen LogP contribution in [0.15, 0.2) is 18.2 Å². The molecule has 1 heterocycles. The number of nitrogens with zero attached hydrogens (tertiary/aromatic N) is 1. The summed E-state index contributed by atoms with van der Waals surface area (Å²) in [6, 6.07) is 5.72. The number of anilines is 1. The summed E-state index contributed by atoms with van der Waals surface area (Å²) in [5.74, 6) is 0.139. The van der Waals surface area contributed by atoms with Crippen molar-refractivity contribution in [3.8, 4) is 5.75 Å². The van der Waals surface area contributed by atoms with Gasteiger partial charge in [0.25, 0.3) is 0 Å². The van der Waals surface area contributed by atoms with Gasteiger partial charge in [-0.3, -0.25) is 0 Å². The fourth-order valence-corrected chi connectivity index (χ4v) is 2.49. The molecule has 0 bridgehead atoms. The molecule has 4 nitrogen and oxygen atoms in total. The molecule has 1 aliphatic rings. The molecule has 17 heavy (non-hydrogen) atoms. The van der Waals surface area contributed by atoms with Crippen molar-refractivity contribution < 1.29 is 15.3 Å². The van der Waals surface area contributed by atoms with Gasteiger partial charge in [-0.2, -0.15) is 0 Å². The standard InChI is InChI=1S/C13H19NO3/c15-7-5-11-2-1-6-14(11)12-4-3-10(9-16)13(17)8-12/h3-4,8,11,15-17H,1-2,5-7,9H2. The molecule has 1 aromatic rings. The van der Waals surface area contributed by atoms with E-state index in [9.17, 15) is 5.11 Å². The summed E-state index contributed by atoms with van der Waals surface area (Å²) >= 11 is 0. The molecule has 4 heteroatoms. The highest BCUT2D eigenvalue weighted by molar-refractivity contribution is 5.54. The Hall–Kier alpha value is -1.26. The van der Waals surface area contributed by atoms with E-state index in [1.807, 2.05) is 6.07 Å². The van der Waals surface area contributed by atoms with Gasteiger partial charge in [0.05, 0.1) is 6.61 Å². The molecule has 0 radical (unpaired) electrons. The minimum Gasteiger partial charge on any atom is -0.508 e. The summed E-state index contributed by atoms with van der Waals surface area (Å²) in [6.07, 6.45) is 2.97. The van der Waals surface area contributed by atoms with E-state index in [4.69, 9.17) is 10.2 Å². The molecule has 1 saturated heterocycles. The van der Waals surface area contributed by atoms with Crippen LogP contribution in [0.25, 0.3) is 0 Å². The third-order valence-electron chi connectivity index (χ3n) is 3.41. The van der Waals surface area contributed by atoms with Crippen LogP contribution < -0.4 is 4.90 Å². The first kappa shape index (κ1) is 12.2. The molecule has 1 aliphatic heterocycles. The van der Waals surface area contributed by atoms with Gasteiger partial charge in [0.1, 0.15) is 5.75 Å². The minimum atomic E-state index is -0.147. The Balaban J connectivity index is 2.18. The first-order valence-electron chi connectivity index (χ1n) is 6.06. The molecule has 0 amide bonds. The topological polar surface area (TPSA) is 63.9 Å². The van der Waals surface area contributed by atoms with Gasteiger partial charge in [-0.05, 0) is 25.3 Å². The zero-order valence-electron chi connectivity index (χ0n) is 9.84. The van der Waals surface area contributed by atoms with Crippen LogP contribution in [0.2, 0.25) is 0 Å². The smallest absolute Gasteiger partial charge is 0.123 e. The van der Waals surface area contributed by atoms with Crippen LogP contribution in [0, 0.1) is 0 Å². The number of hydrogen-bond donors (Lipinski definition) is 3. The highest BCUT2D eigenvalue weighted by atomic mass is 16.3. The number of rotatable bonds is 4. The normalized spacial score (nSPS) is 19.9. The molecular weight excluding hydrogens is 218 g/mol. The molecule has 1 atom stereocenters. The Labute approximate surface area is 101 Å². The fraction of sp³-hybridized carbons (Fsp3) is 0.538. The van der Waals surface area contributed by atoms with Gasteiger partial charge in [0.15, 0.2) is 0 Å². The maximum Gasteiger partial charge on any atom is 0.123 e. The molecule has 1 aromatic carbocycles. The lowest BCUT2D eigenvalue weighted by Crippen LogP contribution is -2.29. The zero-order valence-corrected chi connectivity index (χ0v) is 9.84. The Morgan fingerprint density at radius 2 is 2.12 bits per heavy atom. The first-order chi connectivity index (χ1) is 8.26. The Kier molecular flexibility index (Phi) is 3.86. The van der Waals surface area contributed by atoms with E-state index in [0.29, 0.717) is 11.6 Å². The van der Waals surface area contributed by atoms with Crippen molar-refractivity contribution in [1.82, 2.24) is 0 Å². The molecule has 0 aromatic heterocycles. The lowest BCUT2D eigenvalue weighted by molar-refractivity contribution is 0.275. The van der Waals surface area contributed by atoms with Crippen molar-refractivity contribution in [3.05, 3.63) is 23.8 Å². The van der Waals surface area contributed by atoms with Crippen molar-refractivity contribution in [2.45, 2.75) is 31.9 Å². The summed E-state index contributed by atoms with van der Waals surface area (Å²) < 4.78 is 0. The van der Waals surface area contributed by atoms with Crippen LogP contribution in [0.5, 0.6) is 5.75 Å². The SMILES string of the molecule is OCCC1CCCN1c1ccc(CO)c(O)c1. The van der Waals surface area contributed by atoms with Gasteiger partial charge in [-0.15, -0.1) is 0 Å². The van der Waals surface area contributed by atoms with E-state index in [2.05, 4.69) is 4.90 Å². The van der Waals surface area contributed by atoms with Crippen molar-refractivity contribution >= 4 is 5.69 Å².